The molecule has 1 nitrogen and oxygen atoms in total. The minimum Gasteiger partial charge on any atom is -0.396 e. The maximum absolute atomic E-state index is 8.62. The van der Waals surface area contributed by atoms with Gasteiger partial charge >= 0.3 is 0 Å². The van der Waals surface area contributed by atoms with Crippen molar-refractivity contribution in [2.24, 2.45) is 0 Å². The van der Waals surface area contributed by atoms with Crippen molar-refractivity contribution in [1.29, 1.82) is 0 Å². The topological polar surface area (TPSA) is 20.2 Å². The van der Waals surface area contributed by atoms with Crippen LogP contribution in [0.25, 0.3) is 0 Å². The molecule has 1 unspecified atom stereocenters. The van der Waals surface area contributed by atoms with Crippen molar-refractivity contribution in [2.45, 2.75) is 37.9 Å². The number of hydrogen-bond donors (Lipinski definition) is 2. The highest BCUT2D eigenvalue weighted by atomic mass is 32.2. The Bertz CT molecular complexity index is 82.6. The van der Waals surface area contributed by atoms with Gasteiger partial charge in [0.1, 0.15) is 0 Å². The van der Waals surface area contributed by atoms with Crippen molar-refractivity contribution in [2.75, 3.05) is 18.1 Å². The molecule has 0 radical (unpaired) electrons. The first-order chi connectivity index (χ1) is 5.85. The van der Waals surface area contributed by atoms with Crippen LogP contribution in [-0.4, -0.2) is 28.5 Å². The van der Waals surface area contributed by atoms with E-state index in [1.807, 2.05) is 11.8 Å². The van der Waals surface area contributed by atoms with Crippen LogP contribution < -0.4 is 0 Å². The molecular formula is C9H20OS2. The van der Waals surface area contributed by atoms with Gasteiger partial charge in [0.25, 0.3) is 0 Å². The second-order valence-electron chi connectivity index (χ2n) is 2.81. The first-order valence-electron chi connectivity index (χ1n) is 4.68. The molecule has 0 aromatic rings. The lowest BCUT2D eigenvalue weighted by molar-refractivity contribution is 0.283. The minimum atomic E-state index is 0.338. The second-order valence-corrected chi connectivity index (χ2v) is 4.83. The molecule has 0 aromatic heterocycles. The lowest BCUT2D eigenvalue weighted by Gasteiger charge is -2.13. The van der Waals surface area contributed by atoms with Gasteiger partial charge in [-0.2, -0.15) is 24.4 Å². The summed E-state index contributed by atoms with van der Waals surface area (Å²) in [6, 6.07) is 0. The van der Waals surface area contributed by atoms with Gasteiger partial charge in [0, 0.05) is 11.9 Å². The molecule has 1 atom stereocenters. The number of rotatable bonds is 8. The molecule has 0 aromatic carbocycles. The van der Waals surface area contributed by atoms with E-state index in [1.165, 1.54) is 18.6 Å². The molecule has 0 bridgehead atoms. The number of hydrogen-bond acceptors (Lipinski definition) is 3. The number of aliphatic hydroxyl groups excluding tert-OH is 1. The third-order valence-electron chi connectivity index (χ3n) is 1.79. The molecule has 0 fully saturated rings. The SMILES string of the molecule is CCSC(CCS)CCCCO. The highest BCUT2D eigenvalue weighted by molar-refractivity contribution is 7.99. The van der Waals surface area contributed by atoms with Crippen molar-refractivity contribution in [1.82, 2.24) is 0 Å². The zero-order valence-electron chi connectivity index (χ0n) is 7.83. The zero-order valence-corrected chi connectivity index (χ0v) is 9.54. The average molecular weight is 208 g/mol. The van der Waals surface area contributed by atoms with Gasteiger partial charge in [-0.15, -0.1) is 0 Å². The second kappa shape index (κ2) is 9.75. The van der Waals surface area contributed by atoms with E-state index in [0.29, 0.717) is 6.61 Å². The maximum Gasteiger partial charge on any atom is 0.0431 e. The number of unbranched alkanes of at least 4 members (excludes halogenated alkanes) is 1. The van der Waals surface area contributed by atoms with E-state index >= 15 is 0 Å². The van der Waals surface area contributed by atoms with Crippen LogP contribution in [0.1, 0.15) is 32.6 Å². The molecule has 1 N–H and O–H groups in total. The van der Waals surface area contributed by atoms with Crippen LogP contribution in [0.15, 0.2) is 0 Å². The Morgan fingerprint density at radius 1 is 1.33 bits per heavy atom. The van der Waals surface area contributed by atoms with Gasteiger partial charge in [-0.3, -0.25) is 0 Å². The van der Waals surface area contributed by atoms with Gasteiger partial charge in [-0.05, 0) is 30.8 Å². The van der Waals surface area contributed by atoms with Gasteiger partial charge in [-0.1, -0.05) is 13.3 Å². The van der Waals surface area contributed by atoms with E-state index in [9.17, 15) is 0 Å². The largest absolute Gasteiger partial charge is 0.396 e. The van der Waals surface area contributed by atoms with Crippen LogP contribution in [-0.2, 0) is 0 Å². The standard InChI is InChI=1S/C9H20OS2/c1-2-12-9(6-8-11)5-3-4-7-10/h9-11H,2-8H2,1H3. The predicted molar refractivity (Wildman–Crippen MR) is 61.3 cm³/mol. The van der Waals surface area contributed by atoms with E-state index in [-0.39, 0.29) is 0 Å². The molecular weight excluding hydrogens is 188 g/mol. The van der Waals surface area contributed by atoms with Gasteiger partial charge < -0.3 is 5.11 Å². The van der Waals surface area contributed by atoms with E-state index in [0.717, 1.165) is 23.8 Å². The van der Waals surface area contributed by atoms with Crippen LogP contribution in [0.4, 0.5) is 0 Å². The van der Waals surface area contributed by atoms with Crippen LogP contribution in [0.3, 0.4) is 0 Å². The summed E-state index contributed by atoms with van der Waals surface area (Å²) in [6.45, 7) is 2.53. The summed E-state index contributed by atoms with van der Waals surface area (Å²) in [5.74, 6) is 2.17. The molecule has 0 amide bonds. The highest BCUT2D eigenvalue weighted by Gasteiger charge is 2.05. The van der Waals surface area contributed by atoms with Crippen LogP contribution in [0.5, 0.6) is 0 Å². The molecule has 0 saturated carbocycles. The summed E-state index contributed by atoms with van der Waals surface area (Å²) in [5.41, 5.74) is 0. The van der Waals surface area contributed by atoms with E-state index in [2.05, 4.69) is 19.6 Å². The lowest BCUT2D eigenvalue weighted by Crippen LogP contribution is -2.04. The fourth-order valence-corrected chi connectivity index (χ4v) is 2.75. The molecule has 0 aliphatic carbocycles. The summed E-state index contributed by atoms with van der Waals surface area (Å²) >= 11 is 6.26. The molecule has 0 spiro atoms. The molecule has 74 valence electrons. The smallest absolute Gasteiger partial charge is 0.0431 e. The Kier molecular flexibility index (Phi) is 10.3. The van der Waals surface area contributed by atoms with Crippen LogP contribution in [0, 0.1) is 0 Å². The highest BCUT2D eigenvalue weighted by Crippen LogP contribution is 2.20. The van der Waals surface area contributed by atoms with Gasteiger partial charge in [-0.25, -0.2) is 0 Å². The molecule has 0 heterocycles. The van der Waals surface area contributed by atoms with E-state index in [4.69, 9.17) is 5.11 Å². The van der Waals surface area contributed by atoms with Crippen molar-refractivity contribution >= 4 is 24.4 Å². The quantitative estimate of drug-likeness (QED) is 0.472. The Morgan fingerprint density at radius 3 is 2.58 bits per heavy atom. The van der Waals surface area contributed by atoms with Crippen LogP contribution >= 0.6 is 24.4 Å². The van der Waals surface area contributed by atoms with E-state index in [1.54, 1.807) is 0 Å². The first-order valence-corrected chi connectivity index (χ1v) is 6.36. The first kappa shape index (κ1) is 12.7. The summed E-state index contributed by atoms with van der Waals surface area (Å²) in [4.78, 5) is 0. The van der Waals surface area contributed by atoms with Crippen molar-refractivity contribution < 1.29 is 5.11 Å². The Morgan fingerprint density at radius 2 is 2.08 bits per heavy atom. The van der Waals surface area contributed by atoms with Crippen molar-refractivity contribution in [3.8, 4) is 0 Å². The molecule has 0 rings (SSSR count). The number of aliphatic hydroxyl groups is 1. The zero-order chi connectivity index (χ0) is 9.23. The number of thioether (sulfide) groups is 1. The molecule has 0 saturated heterocycles. The molecule has 12 heavy (non-hydrogen) atoms. The summed E-state index contributed by atoms with van der Waals surface area (Å²) in [6.07, 6.45) is 4.54. The number of thiol groups is 1. The molecule has 0 aliphatic heterocycles. The normalized spacial score (nSPS) is 13.2. The summed E-state index contributed by atoms with van der Waals surface area (Å²) in [7, 11) is 0. The van der Waals surface area contributed by atoms with Gasteiger partial charge in [0.15, 0.2) is 0 Å². The maximum atomic E-state index is 8.62. The summed E-state index contributed by atoms with van der Waals surface area (Å²) < 4.78 is 0. The Balaban J connectivity index is 3.34. The Labute approximate surface area is 85.7 Å². The fourth-order valence-electron chi connectivity index (χ4n) is 1.17. The van der Waals surface area contributed by atoms with Crippen molar-refractivity contribution in [3.05, 3.63) is 0 Å². The Hall–Kier alpha value is 0.660. The third kappa shape index (κ3) is 7.32. The lowest BCUT2D eigenvalue weighted by atomic mass is 10.1. The average Bonchev–Trinajstić information content (AvgIpc) is 2.06. The third-order valence-corrected chi connectivity index (χ3v) is 3.32. The van der Waals surface area contributed by atoms with Gasteiger partial charge in [0.2, 0.25) is 0 Å². The monoisotopic (exact) mass is 208 g/mol. The predicted octanol–water partition coefficient (Wildman–Crippen LogP) is 2.59. The van der Waals surface area contributed by atoms with Gasteiger partial charge in [0.05, 0.1) is 0 Å². The van der Waals surface area contributed by atoms with Crippen LogP contribution in [0.2, 0.25) is 0 Å². The van der Waals surface area contributed by atoms with Crippen molar-refractivity contribution in [3.63, 3.8) is 0 Å². The fraction of sp³-hybridized carbons (Fsp3) is 1.00. The molecule has 0 aliphatic rings. The molecule has 3 heteroatoms. The minimum absolute atomic E-state index is 0.338. The van der Waals surface area contributed by atoms with E-state index < -0.39 is 0 Å². The summed E-state index contributed by atoms with van der Waals surface area (Å²) in [5, 5.41) is 9.38.